The summed E-state index contributed by atoms with van der Waals surface area (Å²) in [6.45, 7) is 4.04. The first-order valence-corrected chi connectivity index (χ1v) is 9.13. The van der Waals surface area contributed by atoms with Crippen LogP contribution in [0.3, 0.4) is 0 Å². The lowest BCUT2D eigenvalue weighted by molar-refractivity contribution is -0.879. The topological polar surface area (TPSA) is 46.5 Å². The number of halogens is 1. The van der Waals surface area contributed by atoms with Gasteiger partial charge in [0.1, 0.15) is 6.54 Å². The number of aliphatic hydroxyl groups is 1. The highest BCUT2D eigenvalue weighted by Gasteiger charge is 2.47. The molecule has 1 N–H and O–H groups in total. The van der Waals surface area contributed by atoms with Crippen molar-refractivity contribution in [2.45, 2.75) is 76.4 Å². The molecule has 2 atom stereocenters. The van der Waals surface area contributed by atoms with Crippen molar-refractivity contribution in [3.05, 3.63) is 0 Å². The van der Waals surface area contributed by atoms with Gasteiger partial charge in [0.2, 0.25) is 0 Å². The molecule has 2 unspecified atom stereocenters. The highest BCUT2D eigenvalue weighted by atomic mass is 79.9. The van der Waals surface area contributed by atoms with Gasteiger partial charge in [-0.25, -0.2) is 4.79 Å². The number of rotatable bonds is 7. The predicted octanol–water partition coefficient (Wildman–Crippen LogP) is -0.116. The summed E-state index contributed by atoms with van der Waals surface area (Å²) in [4.78, 5) is 12.7. The van der Waals surface area contributed by atoms with E-state index >= 15 is 0 Å². The maximum atomic E-state index is 12.7. The molecule has 1 aliphatic carbocycles. The van der Waals surface area contributed by atoms with Gasteiger partial charge in [-0.3, -0.25) is 0 Å². The van der Waals surface area contributed by atoms with E-state index in [2.05, 4.69) is 21.0 Å². The first-order valence-electron chi connectivity index (χ1n) is 9.13. The van der Waals surface area contributed by atoms with Crippen molar-refractivity contribution in [1.29, 1.82) is 0 Å². The second-order valence-electron chi connectivity index (χ2n) is 8.02. The third kappa shape index (κ3) is 5.43. The lowest BCUT2D eigenvalue weighted by atomic mass is 9.81. The molecular weight excluding hydrogens is 358 g/mol. The van der Waals surface area contributed by atoms with Gasteiger partial charge >= 0.3 is 5.97 Å². The number of quaternary nitrogens is 1. The molecule has 1 saturated heterocycles. The van der Waals surface area contributed by atoms with E-state index in [1.807, 2.05) is 0 Å². The average Bonchev–Trinajstić information content (AvgIpc) is 3.09. The maximum Gasteiger partial charge on any atom is 0.338 e. The molecule has 2 aliphatic rings. The molecule has 0 spiro atoms. The Morgan fingerprint density at radius 2 is 1.87 bits per heavy atom. The second kappa shape index (κ2) is 8.82. The van der Waals surface area contributed by atoms with E-state index in [4.69, 9.17) is 4.74 Å². The summed E-state index contributed by atoms with van der Waals surface area (Å²) in [6.07, 6.45) is 8.70. The Bertz CT molecular complexity index is 382. The van der Waals surface area contributed by atoms with Crippen molar-refractivity contribution < 1.29 is 36.1 Å². The molecule has 0 radical (unpaired) electrons. The van der Waals surface area contributed by atoms with Crippen LogP contribution in [0, 0.1) is 5.92 Å². The van der Waals surface area contributed by atoms with Gasteiger partial charge in [0.05, 0.1) is 20.6 Å². The van der Waals surface area contributed by atoms with E-state index in [1.54, 1.807) is 0 Å². The minimum atomic E-state index is -1.24. The summed E-state index contributed by atoms with van der Waals surface area (Å²) in [7, 11) is 4.33. The molecule has 0 amide bonds. The van der Waals surface area contributed by atoms with Crippen LogP contribution in [0.1, 0.15) is 64.7 Å². The predicted molar refractivity (Wildman–Crippen MR) is 87.4 cm³/mol. The zero-order chi connectivity index (χ0) is 16.2. The first-order chi connectivity index (χ1) is 10.4. The number of hydrogen-bond acceptors (Lipinski definition) is 3. The molecule has 136 valence electrons. The highest BCUT2D eigenvalue weighted by Crippen LogP contribution is 2.38. The van der Waals surface area contributed by atoms with Gasteiger partial charge in [-0.1, -0.05) is 32.6 Å². The van der Waals surface area contributed by atoms with Crippen LogP contribution in [0.5, 0.6) is 0 Å². The summed E-state index contributed by atoms with van der Waals surface area (Å²) in [6, 6.07) is 0. The smallest absolute Gasteiger partial charge is 0.338 e. The molecule has 1 heterocycles. The summed E-state index contributed by atoms with van der Waals surface area (Å²) in [5, 5.41) is 11.1. The minimum Gasteiger partial charge on any atom is -1.00 e. The Labute approximate surface area is 151 Å². The van der Waals surface area contributed by atoms with E-state index in [9.17, 15) is 9.90 Å². The van der Waals surface area contributed by atoms with Crippen LogP contribution >= 0.6 is 0 Å². The molecule has 4 nitrogen and oxygen atoms in total. The number of ether oxygens (including phenoxy) is 1. The van der Waals surface area contributed by atoms with Crippen LogP contribution in [0.15, 0.2) is 0 Å². The zero-order valence-corrected chi connectivity index (χ0v) is 16.6. The van der Waals surface area contributed by atoms with Gasteiger partial charge in [-0.2, -0.15) is 0 Å². The second-order valence-corrected chi connectivity index (χ2v) is 8.02. The molecule has 0 aromatic rings. The van der Waals surface area contributed by atoms with Gasteiger partial charge in [-0.05, 0) is 31.6 Å². The number of likely N-dealkylation sites (N-methyl/N-ethyl adjacent to an activating group) is 1. The third-order valence-electron chi connectivity index (χ3n) is 5.57. The van der Waals surface area contributed by atoms with Crippen LogP contribution < -0.4 is 17.0 Å². The van der Waals surface area contributed by atoms with Crippen molar-refractivity contribution in [1.82, 2.24) is 0 Å². The van der Waals surface area contributed by atoms with Crippen LogP contribution in [0.2, 0.25) is 0 Å². The van der Waals surface area contributed by atoms with E-state index in [1.165, 1.54) is 0 Å². The standard InChI is InChI=1S/C18H34NO3.BrH/c1-4-5-8-12-18(21,15-9-6-7-10-15)17(20)22-16-11-13-19(2,3)14-16;/h15-16,21H,4-14H2,1-3H3;1H/q+1;/p-1. The minimum absolute atomic E-state index is 0. The summed E-state index contributed by atoms with van der Waals surface area (Å²) >= 11 is 0. The number of carbonyl (C=O) groups is 1. The average molecular weight is 392 g/mol. The van der Waals surface area contributed by atoms with Gasteiger partial charge < -0.3 is 31.3 Å². The Morgan fingerprint density at radius 3 is 2.39 bits per heavy atom. The molecule has 2 fully saturated rings. The summed E-state index contributed by atoms with van der Waals surface area (Å²) in [5.74, 6) is -0.247. The Balaban J connectivity index is 0.00000264. The number of likely N-dealkylation sites (tertiary alicyclic amines) is 1. The zero-order valence-electron chi connectivity index (χ0n) is 15.0. The van der Waals surface area contributed by atoms with Crippen molar-refractivity contribution in [2.24, 2.45) is 5.92 Å². The first kappa shape index (κ1) is 20.9. The lowest BCUT2D eigenvalue weighted by Gasteiger charge is -2.33. The molecule has 5 heteroatoms. The van der Waals surface area contributed by atoms with Gasteiger partial charge in [0, 0.05) is 6.42 Å². The molecule has 1 aliphatic heterocycles. The maximum absolute atomic E-state index is 12.7. The van der Waals surface area contributed by atoms with Gasteiger partial charge in [0.15, 0.2) is 11.7 Å². The third-order valence-corrected chi connectivity index (χ3v) is 5.57. The fraction of sp³-hybridized carbons (Fsp3) is 0.944. The lowest BCUT2D eigenvalue weighted by Crippen LogP contribution is -3.00. The fourth-order valence-electron chi connectivity index (χ4n) is 4.10. The van der Waals surface area contributed by atoms with Crippen molar-refractivity contribution in [3.8, 4) is 0 Å². The fourth-order valence-corrected chi connectivity index (χ4v) is 4.10. The largest absolute Gasteiger partial charge is 1.00 e. The van der Waals surface area contributed by atoms with E-state index < -0.39 is 5.60 Å². The van der Waals surface area contributed by atoms with Crippen LogP contribution in [-0.2, 0) is 9.53 Å². The number of hydrogen-bond donors (Lipinski definition) is 1. The number of esters is 1. The van der Waals surface area contributed by atoms with Crippen LogP contribution in [0.4, 0.5) is 0 Å². The van der Waals surface area contributed by atoms with Gasteiger partial charge in [0.25, 0.3) is 0 Å². The SMILES string of the molecule is CCCCCC(O)(C(=O)OC1CC[N+](C)(C)C1)C1CCCC1.[Br-]. The Morgan fingerprint density at radius 1 is 1.22 bits per heavy atom. The number of nitrogens with zero attached hydrogens (tertiary/aromatic N) is 1. The number of unbranched alkanes of at least 4 members (excludes halogenated alkanes) is 2. The molecule has 1 saturated carbocycles. The van der Waals surface area contributed by atoms with Crippen molar-refractivity contribution in [2.75, 3.05) is 27.2 Å². The monoisotopic (exact) mass is 391 g/mol. The van der Waals surface area contributed by atoms with Gasteiger partial charge in [-0.15, -0.1) is 0 Å². The quantitative estimate of drug-likeness (QED) is 0.374. The highest BCUT2D eigenvalue weighted by molar-refractivity contribution is 5.80. The van der Waals surface area contributed by atoms with Crippen molar-refractivity contribution in [3.63, 3.8) is 0 Å². The summed E-state index contributed by atoms with van der Waals surface area (Å²) in [5.41, 5.74) is -1.24. The molecule has 0 aromatic heterocycles. The van der Waals surface area contributed by atoms with E-state index in [0.29, 0.717) is 6.42 Å². The van der Waals surface area contributed by atoms with E-state index in [-0.39, 0.29) is 35.0 Å². The molecular formula is C18H34BrNO3. The Kier molecular flexibility index (Phi) is 8.02. The number of carbonyl (C=O) groups excluding carboxylic acids is 1. The molecule has 0 bridgehead atoms. The van der Waals surface area contributed by atoms with Crippen molar-refractivity contribution >= 4 is 5.97 Å². The van der Waals surface area contributed by atoms with Crippen LogP contribution in [-0.4, -0.2) is 54.4 Å². The summed E-state index contributed by atoms with van der Waals surface area (Å²) < 4.78 is 6.65. The van der Waals surface area contributed by atoms with E-state index in [0.717, 1.165) is 68.9 Å². The molecule has 0 aromatic carbocycles. The molecule has 23 heavy (non-hydrogen) atoms. The molecule has 2 rings (SSSR count). The van der Waals surface area contributed by atoms with Crippen LogP contribution in [0.25, 0.3) is 0 Å². The normalized spacial score (nSPS) is 26.5. The Hall–Kier alpha value is -0.130.